The Kier molecular flexibility index (Phi) is 7.72. The fraction of sp³-hybridized carbons (Fsp3) is 0.118. The third-order valence-electron chi connectivity index (χ3n) is 3.19. The molecule has 0 spiro atoms. The third kappa shape index (κ3) is 5.88. The first kappa shape index (κ1) is 20.5. The molecule has 136 valence electrons. The van der Waals surface area contributed by atoms with Gasteiger partial charge in [-0.25, -0.2) is 5.43 Å². The second kappa shape index (κ2) is 9.78. The lowest BCUT2D eigenvalue weighted by molar-refractivity contribution is -0.120. The number of hydrazone groups is 1. The van der Waals surface area contributed by atoms with Gasteiger partial charge in [0, 0.05) is 24.1 Å². The molecule has 0 atom stereocenters. The molecule has 0 heterocycles. The molecule has 5 nitrogen and oxygen atoms in total. The number of benzene rings is 2. The molecule has 2 N–H and O–H groups in total. The Balaban J connectivity index is 1.78. The van der Waals surface area contributed by atoms with Gasteiger partial charge >= 0.3 is 0 Å². The summed E-state index contributed by atoms with van der Waals surface area (Å²) in [5.41, 5.74) is 3.28. The second-order valence-electron chi connectivity index (χ2n) is 5.07. The van der Waals surface area contributed by atoms with Crippen molar-refractivity contribution in [3.05, 3.63) is 67.6 Å². The van der Waals surface area contributed by atoms with E-state index < -0.39 is 0 Å². The lowest BCUT2D eigenvalue weighted by Gasteiger charge is -2.06. The smallest absolute Gasteiger partial charge is 0.251 e. The van der Waals surface area contributed by atoms with E-state index in [1.807, 2.05) is 0 Å². The van der Waals surface area contributed by atoms with Crippen molar-refractivity contribution in [2.24, 2.45) is 5.10 Å². The number of rotatable bonds is 6. The van der Waals surface area contributed by atoms with Crippen molar-refractivity contribution in [1.29, 1.82) is 0 Å². The highest BCUT2D eigenvalue weighted by molar-refractivity contribution is 6.43. The van der Waals surface area contributed by atoms with Crippen LogP contribution in [0.1, 0.15) is 22.3 Å². The Bertz CT molecular complexity index is 856. The molecular weight excluding hydrogens is 420 g/mol. The second-order valence-corrected chi connectivity index (χ2v) is 6.67. The summed E-state index contributed by atoms with van der Waals surface area (Å²) in [6.07, 6.45) is 1.44. The van der Waals surface area contributed by atoms with Crippen molar-refractivity contribution >= 4 is 64.4 Å². The van der Waals surface area contributed by atoms with E-state index >= 15 is 0 Å². The molecule has 0 saturated carbocycles. The van der Waals surface area contributed by atoms with Crippen LogP contribution < -0.4 is 10.7 Å². The Labute approximate surface area is 170 Å². The molecule has 0 fully saturated rings. The van der Waals surface area contributed by atoms with Gasteiger partial charge in [-0.15, -0.1) is 0 Å². The number of hydrogen-bond acceptors (Lipinski definition) is 3. The number of nitrogens with zero attached hydrogens (tertiary/aromatic N) is 1. The minimum Gasteiger partial charge on any atom is -0.352 e. The molecule has 26 heavy (non-hydrogen) atoms. The van der Waals surface area contributed by atoms with Crippen LogP contribution in [0.3, 0.4) is 0 Å². The Morgan fingerprint density at radius 2 is 1.77 bits per heavy atom. The van der Waals surface area contributed by atoms with Crippen molar-refractivity contribution in [2.75, 3.05) is 6.54 Å². The van der Waals surface area contributed by atoms with Gasteiger partial charge in [0.05, 0.1) is 26.3 Å². The minimum absolute atomic E-state index is 0.0493. The molecule has 0 aliphatic rings. The zero-order valence-electron chi connectivity index (χ0n) is 13.2. The van der Waals surface area contributed by atoms with E-state index in [0.29, 0.717) is 26.2 Å². The molecule has 0 bridgehead atoms. The number of hydrogen-bond donors (Lipinski definition) is 2. The van der Waals surface area contributed by atoms with Crippen LogP contribution in [0.5, 0.6) is 0 Å². The normalized spacial score (nSPS) is 10.8. The average molecular weight is 433 g/mol. The fourth-order valence-corrected chi connectivity index (χ4v) is 2.53. The first-order chi connectivity index (χ1) is 12.4. The van der Waals surface area contributed by atoms with Gasteiger partial charge in [-0.3, -0.25) is 9.59 Å². The standard InChI is InChI=1S/C17H13Cl4N3O2/c18-12-5-4-10(8-14(12)20)17(26)22-7-6-15(25)24-23-9-11-2-1-3-13(19)16(11)21/h1-5,8-9H,6-7H2,(H,22,26)(H,24,25). The molecule has 2 aromatic carbocycles. The molecule has 0 saturated heterocycles. The van der Waals surface area contributed by atoms with Crippen LogP contribution in [0, 0.1) is 0 Å². The van der Waals surface area contributed by atoms with E-state index in [9.17, 15) is 9.59 Å². The van der Waals surface area contributed by atoms with E-state index in [2.05, 4.69) is 15.8 Å². The van der Waals surface area contributed by atoms with E-state index in [0.717, 1.165) is 0 Å². The highest BCUT2D eigenvalue weighted by Gasteiger charge is 2.08. The predicted molar refractivity (Wildman–Crippen MR) is 106 cm³/mol. The Morgan fingerprint density at radius 3 is 2.50 bits per heavy atom. The number of carbonyl (C=O) groups excluding carboxylic acids is 2. The Hall–Kier alpha value is -1.79. The zero-order chi connectivity index (χ0) is 19.1. The number of halogens is 4. The van der Waals surface area contributed by atoms with Crippen LogP contribution in [-0.2, 0) is 4.79 Å². The van der Waals surface area contributed by atoms with Gasteiger partial charge in [0.25, 0.3) is 5.91 Å². The molecule has 2 rings (SSSR count). The van der Waals surface area contributed by atoms with Gasteiger partial charge in [0.2, 0.25) is 5.91 Å². The molecular formula is C17H13Cl4N3O2. The number of amides is 2. The summed E-state index contributed by atoms with van der Waals surface area (Å²) in [5.74, 6) is -0.723. The first-order valence-corrected chi connectivity index (χ1v) is 8.89. The van der Waals surface area contributed by atoms with Gasteiger partial charge in [-0.05, 0) is 24.3 Å². The molecule has 2 amide bonds. The summed E-state index contributed by atoms with van der Waals surface area (Å²) >= 11 is 23.5. The zero-order valence-corrected chi connectivity index (χ0v) is 16.3. The van der Waals surface area contributed by atoms with Crippen molar-refractivity contribution in [3.63, 3.8) is 0 Å². The van der Waals surface area contributed by atoms with E-state index in [1.165, 1.54) is 18.3 Å². The molecule has 9 heteroatoms. The van der Waals surface area contributed by atoms with Crippen LogP contribution in [-0.4, -0.2) is 24.6 Å². The lowest BCUT2D eigenvalue weighted by Crippen LogP contribution is -2.29. The maximum absolute atomic E-state index is 12.0. The average Bonchev–Trinajstić information content (AvgIpc) is 2.61. The van der Waals surface area contributed by atoms with Gasteiger partial charge in [0.15, 0.2) is 0 Å². The lowest BCUT2D eigenvalue weighted by atomic mass is 10.2. The number of carbonyl (C=O) groups is 2. The first-order valence-electron chi connectivity index (χ1n) is 7.37. The van der Waals surface area contributed by atoms with Crippen molar-refractivity contribution in [1.82, 2.24) is 10.7 Å². The molecule has 0 unspecified atom stereocenters. The van der Waals surface area contributed by atoms with Crippen molar-refractivity contribution in [2.45, 2.75) is 6.42 Å². The molecule has 0 radical (unpaired) electrons. The van der Waals surface area contributed by atoms with E-state index in [-0.39, 0.29) is 29.8 Å². The van der Waals surface area contributed by atoms with Crippen LogP contribution in [0.4, 0.5) is 0 Å². The summed E-state index contributed by atoms with van der Waals surface area (Å²) in [7, 11) is 0. The van der Waals surface area contributed by atoms with Gasteiger partial charge in [0.1, 0.15) is 0 Å². The molecule has 0 aliphatic heterocycles. The van der Waals surface area contributed by atoms with Crippen LogP contribution in [0.25, 0.3) is 0 Å². The summed E-state index contributed by atoms with van der Waals surface area (Å²) in [6.45, 7) is 0.137. The topological polar surface area (TPSA) is 70.6 Å². The summed E-state index contributed by atoms with van der Waals surface area (Å²) in [6, 6.07) is 9.61. The van der Waals surface area contributed by atoms with Crippen LogP contribution in [0.2, 0.25) is 20.1 Å². The van der Waals surface area contributed by atoms with E-state index in [4.69, 9.17) is 46.4 Å². The highest BCUT2D eigenvalue weighted by atomic mass is 35.5. The van der Waals surface area contributed by atoms with Gasteiger partial charge in [-0.1, -0.05) is 58.5 Å². The van der Waals surface area contributed by atoms with Crippen molar-refractivity contribution < 1.29 is 9.59 Å². The van der Waals surface area contributed by atoms with Crippen LogP contribution in [0.15, 0.2) is 41.5 Å². The van der Waals surface area contributed by atoms with Crippen LogP contribution >= 0.6 is 46.4 Å². The SMILES string of the molecule is O=C(CCNC(=O)c1ccc(Cl)c(Cl)c1)NN=Cc1cccc(Cl)c1Cl. The van der Waals surface area contributed by atoms with Gasteiger partial charge < -0.3 is 5.32 Å². The van der Waals surface area contributed by atoms with Gasteiger partial charge in [-0.2, -0.15) is 5.10 Å². The summed E-state index contributed by atoms with van der Waals surface area (Å²) in [4.78, 5) is 23.7. The molecule has 0 aromatic heterocycles. The number of nitrogens with one attached hydrogen (secondary N) is 2. The predicted octanol–water partition coefficient (Wildman–Crippen LogP) is 4.57. The van der Waals surface area contributed by atoms with Crippen molar-refractivity contribution in [3.8, 4) is 0 Å². The summed E-state index contributed by atoms with van der Waals surface area (Å²) < 4.78 is 0. The minimum atomic E-state index is -0.367. The monoisotopic (exact) mass is 431 g/mol. The fourth-order valence-electron chi connectivity index (χ4n) is 1.88. The summed E-state index contributed by atoms with van der Waals surface area (Å²) in [5, 5.41) is 7.81. The van der Waals surface area contributed by atoms with E-state index in [1.54, 1.807) is 24.3 Å². The maximum Gasteiger partial charge on any atom is 0.251 e. The largest absolute Gasteiger partial charge is 0.352 e. The molecule has 2 aromatic rings. The third-order valence-corrected chi connectivity index (χ3v) is 4.77. The quantitative estimate of drug-likeness (QED) is 0.518. The Morgan fingerprint density at radius 1 is 1.00 bits per heavy atom. The molecule has 0 aliphatic carbocycles. The maximum atomic E-state index is 12.0. The highest BCUT2D eigenvalue weighted by Crippen LogP contribution is 2.24.